The first kappa shape index (κ1) is 15.9. The maximum absolute atomic E-state index is 10.7. The van der Waals surface area contributed by atoms with Crippen LogP contribution in [0.5, 0.6) is 0 Å². The van der Waals surface area contributed by atoms with Gasteiger partial charge < -0.3 is 25.0 Å². The summed E-state index contributed by atoms with van der Waals surface area (Å²) >= 11 is 1.56. The van der Waals surface area contributed by atoms with Crippen molar-refractivity contribution in [3.05, 3.63) is 11.9 Å². The van der Waals surface area contributed by atoms with Crippen molar-refractivity contribution in [2.45, 2.75) is 48.8 Å². The number of aromatic nitrogens is 2. The van der Waals surface area contributed by atoms with Crippen LogP contribution < -0.4 is 4.90 Å². The quantitative estimate of drug-likeness (QED) is 0.518. The van der Waals surface area contributed by atoms with E-state index in [0.29, 0.717) is 6.54 Å². The third-order valence-corrected chi connectivity index (χ3v) is 5.13. The maximum atomic E-state index is 10.7. The Hall–Kier alpha value is -0.930. The average Bonchev–Trinajstić information content (AvgIpc) is 2.76. The fourth-order valence-electron chi connectivity index (χ4n) is 3.22. The van der Waals surface area contributed by atoms with E-state index in [9.17, 15) is 15.3 Å². The van der Waals surface area contributed by atoms with Crippen molar-refractivity contribution in [2.24, 2.45) is 0 Å². The summed E-state index contributed by atoms with van der Waals surface area (Å²) in [6.07, 6.45) is 2.56. The van der Waals surface area contributed by atoms with E-state index in [-0.39, 0.29) is 6.61 Å². The largest absolute Gasteiger partial charge is 0.394 e. The lowest BCUT2D eigenvalue weighted by molar-refractivity contribution is -0.0641. The van der Waals surface area contributed by atoms with Crippen molar-refractivity contribution >= 4 is 17.6 Å². The standard InChI is InChI=1S/C14H21N3O4S/c1-14(20)10(19)9(6-18)21-13(14)17-5-3-4-8-11(17)15-7-16-12(8)22-2/h7,9-10,13,18-20H,3-6H2,1-2H3/t9-,10-,13-,14-/m1/s1. The van der Waals surface area contributed by atoms with Crippen LogP contribution in [0, 0.1) is 0 Å². The second-order valence-electron chi connectivity index (χ2n) is 5.86. The van der Waals surface area contributed by atoms with E-state index in [1.807, 2.05) is 11.2 Å². The van der Waals surface area contributed by atoms with E-state index in [1.165, 1.54) is 13.3 Å². The Bertz CT molecular complexity index is 557. The molecule has 1 aromatic heterocycles. The van der Waals surface area contributed by atoms with Gasteiger partial charge >= 0.3 is 0 Å². The van der Waals surface area contributed by atoms with E-state index >= 15 is 0 Å². The van der Waals surface area contributed by atoms with Crippen LogP contribution in [0.3, 0.4) is 0 Å². The SMILES string of the molecule is CSc1ncnc2c1CCCN2[C@@H]1O[C@H](CO)[C@@H](O)[C@@]1(C)O. The number of aliphatic hydroxyl groups excluding tert-OH is 2. The third-order valence-electron chi connectivity index (χ3n) is 4.39. The number of aliphatic hydroxyl groups is 3. The molecule has 7 nitrogen and oxygen atoms in total. The summed E-state index contributed by atoms with van der Waals surface area (Å²) in [4.78, 5) is 10.5. The number of hydrogen-bond donors (Lipinski definition) is 3. The smallest absolute Gasteiger partial charge is 0.163 e. The Morgan fingerprint density at radius 3 is 2.91 bits per heavy atom. The van der Waals surface area contributed by atoms with Gasteiger partial charge in [-0.2, -0.15) is 0 Å². The molecule has 0 aromatic carbocycles. The predicted molar refractivity (Wildman–Crippen MR) is 81.9 cm³/mol. The first-order valence-corrected chi connectivity index (χ1v) is 8.54. The molecule has 8 heteroatoms. The lowest BCUT2D eigenvalue weighted by Crippen LogP contribution is -2.54. The molecule has 22 heavy (non-hydrogen) atoms. The molecule has 0 unspecified atom stereocenters. The van der Waals surface area contributed by atoms with Gasteiger partial charge in [-0.15, -0.1) is 11.8 Å². The van der Waals surface area contributed by atoms with Crippen LogP contribution in [-0.4, -0.2) is 68.7 Å². The molecule has 3 heterocycles. The lowest BCUT2D eigenvalue weighted by Gasteiger charge is -2.39. The van der Waals surface area contributed by atoms with Gasteiger partial charge in [-0.25, -0.2) is 9.97 Å². The second-order valence-corrected chi connectivity index (χ2v) is 6.66. The van der Waals surface area contributed by atoms with Crippen molar-refractivity contribution in [3.63, 3.8) is 0 Å². The minimum absolute atomic E-state index is 0.339. The normalized spacial score (nSPS) is 34.8. The van der Waals surface area contributed by atoms with E-state index in [0.717, 1.165) is 29.2 Å². The van der Waals surface area contributed by atoms with Gasteiger partial charge in [-0.3, -0.25) is 0 Å². The molecule has 0 amide bonds. The van der Waals surface area contributed by atoms with Gasteiger partial charge in [0.15, 0.2) is 6.23 Å². The fourth-order valence-corrected chi connectivity index (χ4v) is 3.81. The number of rotatable bonds is 3. The minimum Gasteiger partial charge on any atom is -0.394 e. The van der Waals surface area contributed by atoms with Crippen LogP contribution in [0.2, 0.25) is 0 Å². The third kappa shape index (κ3) is 2.39. The highest BCUT2D eigenvalue weighted by Crippen LogP contribution is 2.39. The molecule has 0 bridgehead atoms. The second kappa shape index (κ2) is 5.93. The molecule has 3 N–H and O–H groups in total. The van der Waals surface area contributed by atoms with Crippen LogP contribution in [0.25, 0.3) is 0 Å². The predicted octanol–water partition coefficient (Wildman–Crippen LogP) is -0.220. The van der Waals surface area contributed by atoms with Crippen molar-refractivity contribution in [2.75, 3.05) is 24.3 Å². The average molecular weight is 327 g/mol. The van der Waals surface area contributed by atoms with Gasteiger partial charge in [-0.1, -0.05) is 0 Å². The molecule has 2 aliphatic heterocycles. The van der Waals surface area contributed by atoms with E-state index < -0.39 is 24.0 Å². The zero-order chi connectivity index (χ0) is 15.9. The molecule has 0 aliphatic carbocycles. The van der Waals surface area contributed by atoms with Crippen LogP contribution >= 0.6 is 11.8 Å². The monoisotopic (exact) mass is 327 g/mol. The highest BCUT2D eigenvalue weighted by molar-refractivity contribution is 7.98. The van der Waals surface area contributed by atoms with Crippen molar-refractivity contribution in [1.29, 1.82) is 0 Å². The number of fused-ring (bicyclic) bond motifs is 1. The van der Waals surface area contributed by atoms with Gasteiger partial charge in [0.2, 0.25) is 0 Å². The molecular formula is C14H21N3O4S. The van der Waals surface area contributed by atoms with Crippen molar-refractivity contribution in [1.82, 2.24) is 9.97 Å². The number of anilines is 1. The molecule has 1 aromatic rings. The Morgan fingerprint density at radius 2 is 2.27 bits per heavy atom. The molecule has 0 spiro atoms. The van der Waals surface area contributed by atoms with Crippen molar-refractivity contribution < 1.29 is 20.1 Å². The molecule has 3 rings (SSSR count). The van der Waals surface area contributed by atoms with E-state index in [2.05, 4.69) is 9.97 Å². The van der Waals surface area contributed by atoms with Gasteiger partial charge in [0.05, 0.1) is 6.61 Å². The van der Waals surface area contributed by atoms with Gasteiger partial charge in [0, 0.05) is 12.1 Å². The Balaban J connectivity index is 1.98. The topological polar surface area (TPSA) is 98.9 Å². The molecule has 4 atom stereocenters. The summed E-state index contributed by atoms with van der Waals surface area (Å²) in [5.74, 6) is 0.738. The number of nitrogens with zero attached hydrogens (tertiary/aromatic N) is 3. The Morgan fingerprint density at radius 1 is 1.50 bits per heavy atom. The zero-order valence-corrected chi connectivity index (χ0v) is 13.5. The summed E-state index contributed by atoms with van der Waals surface area (Å²) in [6, 6.07) is 0. The Kier molecular flexibility index (Phi) is 4.30. The molecule has 1 fully saturated rings. The number of ether oxygens (including phenoxy) is 1. The summed E-state index contributed by atoms with van der Waals surface area (Å²) in [6.45, 7) is 1.86. The van der Waals surface area contributed by atoms with Crippen LogP contribution in [0.4, 0.5) is 5.82 Å². The van der Waals surface area contributed by atoms with Crippen LogP contribution in [0.15, 0.2) is 11.4 Å². The molecule has 2 aliphatic rings. The first-order valence-electron chi connectivity index (χ1n) is 7.32. The lowest BCUT2D eigenvalue weighted by atomic mass is 9.94. The Labute approximate surface area is 133 Å². The molecule has 1 saturated heterocycles. The van der Waals surface area contributed by atoms with E-state index in [1.54, 1.807) is 11.8 Å². The van der Waals surface area contributed by atoms with E-state index in [4.69, 9.17) is 4.74 Å². The zero-order valence-electron chi connectivity index (χ0n) is 12.6. The van der Waals surface area contributed by atoms with Crippen LogP contribution in [0.1, 0.15) is 18.9 Å². The first-order chi connectivity index (χ1) is 10.5. The van der Waals surface area contributed by atoms with Crippen molar-refractivity contribution in [3.8, 4) is 0 Å². The highest BCUT2D eigenvalue weighted by Gasteiger charge is 2.55. The molecule has 122 valence electrons. The summed E-state index contributed by atoms with van der Waals surface area (Å²) in [7, 11) is 0. The van der Waals surface area contributed by atoms with Gasteiger partial charge in [0.1, 0.15) is 35.0 Å². The molecule has 0 radical (unpaired) electrons. The van der Waals surface area contributed by atoms with Gasteiger partial charge in [0.25, 0.3) is 0 Å². The minimum atomic E-state index is -1.48. The number of thioether (sulfide) groups is 1. The summed E-state index contributed by atoms with van der Waals surface area (Å²) in [5, 5.41) is 31.1. The number of hydrogen-bond acceptors (Lipinski definition) is 8. The summed E-state index contributed by atoms with van der Waals surface area (Å²) in [5.41, 5.74) is -0.436. The maximum Gasteiger partial charge on any atom is 0.163 e. The molecular weight excluding hydrogens is 306 g/mol. The fraction of sp³-hybridized carbons (Fsp3) is 0.714. The van der Waals surface area contributed by atoms with Gasteiger partial charge in [-0.05, 0) is 26.0 Å². The summed E-state index contributed by atoms with van der Waals surface area (Å²) < 4.78 is 5.72. The van der Waals surface area contributed by atoms with Crippen LogP contribution in [-0.2, 0) is 11.2 Å². The highest BCUT2D eigenvalue weighted by atomic mass is 32.2. The molecule has 0 saturated carbocycles.